The van der Waals surface area contributed by atoms with Gasteiger partial charge in [0.25, 0.3) is 5.56 Å². The van der Waals surface area contributed by atoms with Gasteiger partial charge in [-0.25, -0.2) is 9.36 Å². The average Bonchev–Trinajstić information content (AvgIpc) is 2.94. The topological polar surface area (TPSA) is 160 Å². The van der Waals surface area contributed by atoms with Crippen LogP contribution in [0.25, 0.3) is 0 Å². The summed E-state index contributed by atoms with van der Waals surface area (Å²) in [5.74, 6) is 1.40. The molecule has 0 radical (unpaired) electrons. The quantitative estimate of drug-likeness (QED) is 0.448. The Hall–Kier alpha value is -0.980. The van der Waals surface area contributed by atoms with Crippen molar-refractivity contribution in [3.63, 3.8) is 0 Å². The molecule has 3 heterocycles. The molecule has 0 saturated carbocycles. The van der Waals surface area contributed by atoms with Crippen LogP contribution in [0.4, 0.5) is 0 Å². The van der Waals surface area contributed by atoms with Crippen LogP contribution in [-0.2, 0) is 18.6 Å². The summed E-state index contributed by atoms with van der Waals surface area (Å²) >= 11 is 1.63. The number of thioether (sulfide) groups is 1. The van der Waals surface area contributed by atoms with Crippen molar-refractivity contribution in [2.75, 3.05) is 24.7 Å². The zero-order valence-corrected chi connectivity index (χ0v) is 15.2. The number of aromatic nitrogens is 2. The summed E-state index contributed by atoms with van der Waals surface area (Å²) in [5.41, 5.74) is -0.973. The van der Waals surface area contributed by atoms with Crippen molar-refractivity contribution in [2.24, 2.45) is 0 Å². The van der Waals surface area contributed by atoms with Crippen LogP contribution in [0.15, 0.2) is 15.8 Å². The highest BCUT2D eigenvalue weighted by Crippen LogP contribution is 2.38. The lowest BCUT2D eigenvalue weighted by molar-refractivity contribution is -0.0454. The van der Waals surface area contributed by atoms with Crippen molar-refractivity contribution in [1.29, 1.82) is 0 Å². The minimum Gasteiger partial charge on any atom is -0.390 e. The third-order valence-electron chi connectivity index (χ3n) is 4.08. The lowest BCUT2D eigenvalue weighted by Crippen LogP contribution is -2.36. The number of hydrogen-bond donors (Lipinski definition) is 4. The van der Waals surface area contributed by atoms with Crippen molar-refractivity contribution >= 4 is 19.6 Å². The highest BCUT2D eigenvalue weighted by Gasteiger charge is 2.37. The van der Waals surface area contributed by atoms with Crippen LogP contribution in [0, 0.1) is 0 Å². The van der Waals surface area contributed by atoms with E-state index >= 15 is 0 Å². The van der Waals surface area contributed by atoms with E-state index in [0.29, 0.717) is 12.4 Å². The van der Waals surface area contributed by atoms with Gasteiger partial charge in [0.2, 0.25) is 0 Å². The second-order valence-corrected chi connectivity index (χ2v) is 8.29. The summed E-state index contributed by atoms with van der Waals surface area (Å²) in [6, 6.07) is 0. The van der Waals surface area contributed by atoms with E-state index in [1.54, 1.807) is 11.8 Å². The molecule has 0 spiro atoms. The van der Waals surface area contributed by atoms with E-state index in [9.17, 15) is 19.3 Å². The van der Waals surface area contributed by atoms with Crippen molar-refractivity contribution in [1.82, 2.24) is 9.55 Å². The van der Waals surface area contributed by atoms with Crippen LogP contribution < -0.4 is 11.2 Å². The number of ether oxygens (including phenoxy) is 2. The van der Waals surface area contributed by atoms with E-state index in [0.717, 1.165) is 10.3 Å². The molecule has 13 heteroatoms. The molecule has 0 aromatic carbocycles. The standard InChI is InChI=1S/C13H19N2O9PS/c16-8-3-11(24-9(8)5-23-25(19,20)21)15-4-7(12(17)14-13(15)18)10-6-26-2-1-22-10/h4,8-11,16H,1-3,5-6H2,(H,14,17,18)(H2,19,20,21)/t8-,9+,10?,11-/m0/s1. The highest BCUT2D eigenvalue weighted by atomic mass is 32.2. The van der Waals surface area contributed by atoms with Gasteiger partial charge in [-0.3, -0.25) is 18.9 Å². The molecule has 2 aliphatic rings. The van der Waals surface area contributed by atoms with Crippen LogP contribution in [0.2, 0.25) is 0 Å². The Bertz CT molecular complexity index is 800. The van der Waals surface area contributed by atoms with Crippen LogP contribution >= 0.6 is 19.6 Å². The second kappa shape index (κ2) is 7.95. The molecule has 2 saturated heterocycles. The number of hydrogen-bond acceptors (Lipinski definition) is 8. The Morgan fingerprint density at radius 2 is 2.19 bits per heavy atom. The first-order valence-electron chi connectivity index (χ1n) is 7.83. The molecule has 2 aliphatic heterocycles. The molecule has 0 aliphatic carbocycles. The third kappa shape index (κ3) is 4.65. The summed E-state index contributed by atoms with van der Waals surface area (Å²) in [4.78, 5) is 43.9. The fourth-order valence-corrected chi connectivity index (χ4v) is 4.03. The van der Waals surface area contributed by atoms with Crippen molar-refractivity contribution in [3.05, 3.63) is 32.6 Å². The van der Waals surface area contributed by atoms with Gasteiger partial charge in [-0.1, -0.05) is 0 Å². The molecule has 4 atom stereocenters. The SMILES string of the molecule is O=c1[nH]c(=O)n([C@@H]2C[C@H](O)[C@@H](COP(=O)(O)O)O2)cc1C1CSCCO1. The minimum atomic E-state index is -4.70. The molecule has 2 fully saturated rings. The summed E-state index contributed by atoms with van der Waals surface area (Å²) in [7, 11) is -4.70. The van der Waals surface area contributed by atoms with Crippen molar-refractivity contribution in [3.8, 4) is 0 Å². The van der Waals surface area contributed by atoms with E-state index in [1.807, 2.05) is 0 Å². The maximum Gasteiger partial charge on any atom is 0.469 e. The van der Waals surface area contributed by atoms with Gasteiger partial charge in [-0.05, 0) is 0 Å². The molecular formula is C13H19N2O9PS. The van der Waals surface area contributed by atoms with Crippen LogP contribution in [0.3, 0.4) is 0 Å². The summed E-state index contributed by atoms with van der Waals surface area (Å²) in [6.07, 6.45) is -2.12. The van der Waals surface area contributed by atoms with Crippen LogP contribution in [0.1, 0.15) is 24.3 Å². The van der Waals surface area contributed by atoms with Gasteiger partial charge >= 0.3 is 13.5 Å². The predicted octanol–water partition coefficient (Wildman–Crippen LogP) is -0.901. The van der Waals surface area contributed by atoms with Crippen LogP contribution in [-0.4, -0.2) is 61.4 Å². The average molecular weight is 410 g/mol. The van der Waals surface area contributed by atoms with E-state index < -0.39 is 50.2 Å². The maximum absolute atomic E-state index is 12.1. The maximum atomic E-state index is 12.1. The summed E-state index contributed by atoms with van der Waals surface area (Å²) in [5, 5.41) is 10.0. The zero-order chi connectivity index (χ0) is 18.9. The molecule has 11 nitrogen and oxygen atoms in total. The third-order valence-corrected chi connectivity index (χ3v) is 5.56. The number of nitrogens with zero attached hydrogens (tertiary/aromatic N) is 1. The number of nitrogens with one attached hydrogen (secondary N) is 1. The Morgan fingerprint density at radius 3 is 2.85 bits per heavy atom. The van der Waals surface area contributed by atoms with Gasteiger partial charge in [-0.15, -0.1) is 0 Å². The first-order valence-corrected chi connectivity index (χ1v) is 10.5. The number of aliphatic hydroxyl groups excluding tert-OH is 1. The Labute approximate surface area is 151 Å². The number of aromatic amines is 1. The first kappa shape index (κ1) is 19.8. The fourth-order valence-electron chi connectivity index (χ4n) is 2.82. The normalized spacial score (nSPS) is 29.8. The van der Waals surface area contributed by atoms with E-state index in [2.05, 4.69) is 9.51 Å². The highest BCUT2D eigenvalue weighted by molar-refractivity contribution is 7.99. The van der Waals surface area contributed by atoms with Crippen molar-refractivity contribution < 1.29 is 33.5 Å². The molecule has 1 aromatic rings. The molecular weight excluding hydrogens is 391 g/mol. The number of aliphatic hydroxyl groups is 1. The molecule has 0 amide bonds. The monoisotopic (exact) mass is 410 g/mol. The summed E-state index contributed by atoms with van der Waals surface area (Å²) < 4.78 is 27.3. The smallest absolute Gasteiger partial charge is 0.390 e. The van der Waals surface area contributed by atoms with Gasteiger partial charge in [0.05, 0.1) is 31.0 Å². The van der Waals surface area contributed by atoms with Crippen LogP contribution in [0.5, 0.6) is 0 Å². The Kier molecular flexibility index (Phi) is 6.04. The molecule has 146 valence electrons. The molecule has 1 unspecified atom stereocenters. The van der Waals surface area contributed by atoms with Gasteiger partial charge in [0.15, 0.2) is 0 Å². The number of phosphoric ester groups is 1. The predicted molar refractivity (Wildman–Crippen MR) is 89.9 cm³/mol. The number of rotatable bonds is 5. The van der Waals surface area contributed by atoms with E-state index in [1.165, 1.54) is 6.20 Å². The van der Waals surface area contributed by atoms with Gasteiger partial charge < -0.3 is 24.4 Å². The Morgan fingerprint density at radius 1 is 1.42 bits per heavy atom. The number of H-pyrrole nitrogens is 1. The van der Waals surface area contributed by atoms with Gasteiger partial charge in [-0.2, -0.15) is 11.8 Å². The summed E-state index contributed by atoms with van der Waals surface area (Å²) in [6.45, 7) is -0.0381. The van der Waals surface area contributed by atoms with E-state index in [4.69, 9.17) is 19.3 Å². The van der Waals surface area contributed by atoms with Crippen molar-refractivity contribution in [2.45, 2.75) is 31.0 Å². The molecule has 0 bridgehead atoms. The van der Waals surface area contributed by atoms with Gasteiger partial charge in [0.1, 0.15) is 12.3 Å². The molecule has 1 aromatic heterocycles. The lowest BCUT2D eigenvalue weighted by atomic mass is 10.2. The van der Waals surface area contributed by atoms with E-state index in [-0.39, 0.29) is 12.0 Å². The largest absolute Gasteiger partial charge is 0.469 e. The Balaban J connectivity index is 1.79. The first-order chi connectivity index (χ1) is 12.2. The number of phosphoric acid groups is 1. The minimum absolute atomic E-state index is 0.000843. The van der Waals surface area contributed by atoms with Gasteiger partial charge in [0, 0.05) is 24.1 Å². The zero-order valence-electron chi connectivity index (χ0n) is 13.5. The second-order valence-electron chi connectivity index (χ2n) is 5.90. The molecule has 3 rings (SSSR count). The molecule has 26 heavy (non-hydrogen) atoms. The molecule has 4 N–H and O–H groups in total. The fraction of sp³-hybridized carbons (Fsp3) is 0.692. The lowest BCUT2D eigenvalue weighted by Gasteiger charge is -2.23.